The minimum atomic E-state index is -4.48. The van der Waals surface area contributed by atoms with E-state index in [2.05, 4.69) is 15.1 Å². The number of piperazine rings is 1. The molecule has 0 radical (unpaired) electrons. The van der Waals surface area contributed by atoms with E-state index in [1.165, 1.54) is 6.07 Å². The first kappa shape index (κ1) is 22.3. The summed E-state index contributed by atoms with van der Waals surface area (Å²) in [6, 6.07) is 9.17. The Balaban J connectivity index is 1.82. The van der Waals surface area contributed by atoms with E-state index in [9.17, 15) is 18.0 Å². The molecule has 0 saturated carbocycles. The van der Waals surface area contributed by atoms with E-state index in [1.54, 1.807) is 18.2 Å². The van der Waals surface area contributed by atoms with Gasteiger partial charge in [0.1, 0.15) is 0 Å². The summed E-state index contributed by atoms with van der Waals surface area (Å²) >= 11 is 0. The van der Waals surface area contributed by atoms with Gasteiger partial charge < -0.3 is 10.2 Å². The van der Waals surface area contributed by atoms with Crippen LogP contribution in [0.15, 0.2) is 36.4 Å². The number of carbonyl (C=O) groups is 1. The molecule has 3 rings (SSSR count). The molecule has 1 heterocycles. The molecule has 4 nitrogen and oxygen atoms in total. The number of benzene rings is 2. The first-order chi connectivity index (χ1) is 14.2. The molecule has 1 N–H and O–H groups in total. The third-order valence-corrected chi connectivity index (χ3v) is 5.57. The molecule has 0 atom stereocenters. The van der Waals surface area contributed by atoms with Crippen LogP contribution in [0, 0.1) is 6.92 Å². The summed E-state index contributed by atoms with van der Waals surface area (Å²) in [5, 5.41) is 2.65. The van der Waals surface area contributed by atoms with Gasteiger partial charge in [-0.1, -0.05) is 13.0 Å². The Labute approximate surface area is 175 Å². The molecule has 1 aliphatic heterocycles. The maximum Gasteiger partial charge on any atom is 0.416 e. The van der Waals surface area contributed by atoms with Crippen molar-refractivity contribution in [3.05, 3.63) is 64.2 Å². The van der Waals surface area contributed by atoms with Gasteiger partial charge in [0.2, 0.25) is 0 Å². The molecule has 0 bridgehead atoms. The lowest BCUT2D eigenvalue weighted by Gasteiger charge is -2.32. The Morgan fingerprint density at radius 2 is 1.77 bits per heavy atom. The maximum absolute atomic E-state index is 13.4. The topological polar surface area (TPSA) is 35.6 Å². The number of carbonyl (C=O) groups excluding carboxylic acids is 1. The smallest absolute Gasteiger partial charge is 0.322 e. The fraction of sp³-hybridized carbons (Fsp3) is 0.435. The monoisotopic (exact) mass is 419 g/mol. The second kappa shape index (κ2) is 9.18. The van der Waals surface area contributed by atoms with Crippen LogP contribution in [0.4, 0.5) is 18.9 Å². The number of hydrogen-bond donors (Lipinski definition) is 1. The highest BCUT2D eigenvalue weighted by Gasteiger charge is 2.31. The molecule has 7 heteroatoms. The molecule has 162 valence electrons. The number of aryl methyl sites for hydroxylation is 2. The predicted molar refractivity (Wildman–Crippen MR) is 113 cm³/mol. The summed E-state index contributed by atoms with van der Waals surface area (Å²) in [5.74, 6) is -0.411. The average molecular weight is 419 g/mol. The zero-order valence-corrected chi connectivity index (χ0v) is 17.6. The van der Waals surface area contributed by atoms with Crippen molar-refractivity contribution in [2.24, 2.45) is 0 Å². The van der Waals surface area contributed by atoms with Gasteiger partial charge in [-0.3, -0.25) is 9.69 Å². The van der Waals surface area contributed by atoms with Gasteiger partial charge in [0.15, 0.2) is 0 Å². The van der Waals surface area contributed by atoms with Crippen molar-refractivity contribution >= 4 is 11.6 Å². The van der Waals surface area contributed by atoms with Crippen LogP contribution in [0.25, 0.3) is 0 Å². The first-order valence-electron chi connectivity index (χ1n) is 10.2. The number of halogens is 3. The van der Waals surface area contributed by atoms with E-state index >= 15 is 0 Å². The Bertz CT molecular complexity index is 903. The Kier molecular flexibility index (Phi) is 6.83. The summed E-state index contributed by atoms with van der Waals surface area (Å²) < 4.78 is 40.3. The fourth-order valence-corrected chi connectivity index (χ4v) is 3.72. The van der Waals surface area contributed by atoms with Gasteiger partial charge in [0, 0.05) is 44.0 Å². The quantitative estimate of drug-likeness (QED) is 0.771. The molecule has 0 unspecified atom stereocenters. The molecule has 0 aliphatic carbocycles. The first-order valence-corrected chi connectivity index (χ1v) is 10.2. The van der Waals surface area contributed by atoms with Crippen LogP contribution in [0.1, 0.15) is 39.5 Å². The third-order valence-electron chi connectivity index (χ3n) is 5.57. The Hall–Kier alpha value is -2.38. The highest BCUT2D eigenvalue weighted by Crippen LogP contribution is 2.32. The van der Waals surface area contributed by atoms with Crippen molar-refractivity contribution in [2.45, 2.75) is 33.0 Å². The summed E-state index contributed by atoms with van der Waals surface area (Å²) in [5.41, 5.74) is 2.52. The zero-order valence-electron chi connectivity index (χ0n) is 17.6. The lowest BCUT2D eigenvalue weighted by molar-refractivity contribution is -0.137. The second-order valence-corrected chi connectivity index (χ2v) is 7.94. The molecular weight excluding hydrogens is 391 g/mol. The highest BCUT2D eigenvalue weighted by atomic mass is 19.4. The molecule has 1 amide bonds. The SMILES string of the molecule is CCc1ccc(C(=O)Nc2cc(CN3CCN(C)CC3)cc(C(F)(F)F)c2)cc1C. The van der Waals surface area contributed by atoms with E-state index in [0.717, 1.165) is 49.8 Å². The number of likely N-dealkylation sites (N-methyl/N-ethyl adjacent to an activating group) is 1. The largest absolute Gasteiger partial charge is 0.416 e. The number of alkyl halides is 3. The van der Waals surface area contributed by atoms with Gasteiger partial charge in [-0.15, -0.1) is 0 Å². The average Bonchev–Trinajstić information content (AvgIpc) is 2.69. The minimum Gasteiger partial charge on any atom is -0.322 e. The number of nitrogens with one attached hydrogen (secondary N) is 1. The number of hydrogen-bond acceptors (Lipinski definition) is 3. The Morgan fingerprint density at radius 3 is 2.37 bits per heavy atom. The summed E-state index contributed by atoms with van der Waals surface area (Å²) in [6.45, 7) is 7.76. The molecule has 2 aromatic rings. The van der Waals surface area contributed by atoms with Crippen LogP contribution in [-0.4, -0.2) is 48.9 Å². The van der Waals surface area contributed by atoms with Gasteiger partial charge in [-0.25, -0.2) is 0 Å². The van der Waals surface area contributed by atoms with Crippen LogP contribution in [0.2, 0.25) is 0 Å². The predicted octanol–water partition coefficient (Wildman–Crippen LogP) is 4.58. The van der Waals surface area contributed by atoms with Crippen molar-refractivity contribution < 1.29 is 18.0 Å². The van der Waals surface area contributed by atoms with Crippen LogP contribution in [0.3, 0.4) is 0 Å². The number of rotatable bonds is 5. The van der Waals surface area contributed by atoms with Crippen LogP contribution < -0.4 is 5.32 Å². The van der Waals surface area contributed by atoms with Crippen molar-refractivity contribution in [1.82, 2.24) is 9.80 Å². The maximum atomic E-state index is 13.4. The number of anilines is 1. The van der Waals surface area contributed by atoms with Gasteiger partial charge >= 0.3 is 6.18 Å². The molecule has 1 aliphatic rings. The van der Waals surface area contributed by atoms with Gasteiger partial charge in [0.05, 0.1) is 5.56 Å². The Morgan fingerprint density at radius 1 is 1.07 bits per heavy atom. The van der Waals surface area contributed by atoms with Crippen LogP contribution >= 0.6 is 0 Å². The van der Waals surface area contributed by atoms with Crippen LogP contribution in [0.5, 0.6) is 0 Å². The molecule has 30 heavy (non-hydrogen) atoms. The van der Waals surface area contributed by atoms with Crippen molar-refractivity contribution in [3.8, 4) is 0 Å². The number of amides is 1. The standard InChI is InChI=1S/C23H28F3N3O/c1-4-18-5-6-19(11-16(18)2)22(30)27-21-13-17(12-20(14-21)23(24,25)26)15-29-9-7-28(3)8-10-29/h5-6,11-14H,4,7-10,15H2,1-3H3,(H,27,30). The normalized spacial score (nSPS) is 15.9. The molecule has 0 aromatic heterocycles. The second-order valence-electron chi connectivity index (χ2n) is 7.94. The van der Waals surface area contributed by atoms with E-state index in [4.69, 9.17) is 0 Å². The van der Waals surface area contributed by atoms with Crippen LogP contribution in [-0.2, 0) is 19.1 Å². The summed E-state index contributed by atoms with van der Waals surface area (Å²) in [4.78, 5) is 17.0. The van der Waals surface area contributed by atoms with E-state index in [-0.39, 0.29) is 5.69 Å². The molecule has 1 saturated heterocycles. The van der Waals surface area contributed by atoms with Crippen molar-refractivity contribution in [1.29, 1.82) is 0 Å². The van der Waals surface area contributed by atoms with Gasteiger partial charge in [-0.05, 0) is 67.4 Å². The van der Waals surface area contributed by atoms with E-state index in [1.807, 2.05) is 27.0 Å². The minimum absolute atomic E-state index is 0.163. The van der Waals surface area contributed by atoms with Gasteiger partial charge in [-0.2, -0.15) is 13.2 Å². The lowest BCUT2D eigenvalue weighted by Crippen LogP contribution is -2.43. The van der Waals surface area contributed by atoms with Crippen molar-refractivity contribution in [3.63, 3.8) is 0 Å². The lowest BCUT2D eigenvalue weighted by atomic mass is 10.0. The molecule has 0 spiro atoms. The van der Waals surface area contributed by atoms with Gasteiger partial charge in [0.25, 0.3) is 5.91 Å². The molecule has 1 fully saturated rings. The van der Waals surface area contributed by atoms with E-state index in [0.29, 0.717) is 17.7 Å². The highest BCUT2D eigenvalue weighted by molar-refractivity contribution is 6.04. The summed E-state index contributed by atoms with van der Waals surface area (Å²) in [7, 11) is 2.03. The third kappa shape index (κ3) is 5.61. The van der Waals surface area contributed by atoms with E-state index < -0.39 is 17.6 Å². The zero-order chi connectivity index (χ0) is 21.9. The number of nitrogens with zero attached hydrogens (tertiary/aromatic N) is 2. The summed E-state index contributed by atoms with van der Waals surface area (Å²) in [6.07, 6.45) is -3.62. The molecule has 2 aromatic carbocycles. The van der Waals surface area contributed by atoms with Crippen molar-refractivity contribution in [2.75, 3.05) is 38.5 Å². The fourth-order valence-electron chi connectivity index (χ4n) is 3.72. The molecular formula is C23H28F3N3O.